The van der Waals surface area contributed by atoms with Gasteiger partial charge in [-0.1, -0.05) is 6.92 Å². The molecular weight excluding hydrogens is 268 g/mol. The third-order valence-electron chi connectivity index (χ3n) is 2.47. The zero-order chi connectivity index (χ0) is 13.0. The van der Waals surface area contributed by atoms with E-state index in [9.17, 15) is 4.79 Å². The molecule has 2 rings (SSSR count). The minimum Gasteiger partial charge on any atom is -0.481 e. The van der Waals surface area contributed by atoms with Crippen molar-refractivity contribution in [1.82, 2.24) is 9.97 Å². The Morgan fingerprint density at radius 3 is 3.06 bits per heavy atom. The fourth-order valence-corrected chi connectivity index (χ4v) is 3.48. The molecule has 18 heavy (non-hydrogen) atoms. The molecule has 0 radical (unpaired) electrons. The van der Waals surface area contributed by atoms with Crippen LogP contribution < -0.4 is 0 Å². The third-order valence-corrected chi connectivity index (χ3v) is 4.75. The molecule has 2 aromatic heterocycles. The number of aromatic nitrogens is 2. The van der Waals surface area contributed by atoms with E-state index in [1.807, 2.05) is 0 Å². The number of carbonyl (C=O) groups is 1. The number of carboxylic acid groups (broad SMARTS) is 1. The highest BCUT2D eigenvalue weighted by Crippen LogP contribution is 2.31. The normalized spacial score (nSPS) is 10.9. The van der Waals surface area contributed by atoms with E-state index in [1.54, 1.807) is 29.4 Å². The first-order chi connectivity index (χ1) is 8.70. The van der Waals surface area contributed by atoms with Crippen LogP contribution in [0.1, 0.15) is 24.6 Å². The van der Waals surface area contributed by atoms with Crippen LogP contribution in [0.4, 0.5) is 0 Å². The summed E-state index contributed by atoms with van der Waals surface area (Å²) in [4.78, 5) is 21.3. The fraction of sp³-hybridized carbons (Fsp3) is 0.417. The van der Waals surface area contributed by atoms with Crippen molar-refractivity contribution in [2.24, 2.45) is 0 Å². The second-order valence-electron chi connectivity index (χ2n) is 3.81. The minimum atomic E-state index is -0.743. The lowest BCUT2D eigenvalue weighted by atomic mass is 10.3. The van der Waals surface area contributed by atoms with Gasteiger partial charge in [0, 0.05) is 22.4 Å². The quantitative estimate of drug-likeness (QED) is 0.501. The number of carboxylic acids is 1. The first-order valence-corrected chi connectivity index (χ1v) is 7.59. The maximum atomic E-state index is 10.4. The number of nitrogens with zero attached hydrogens (tertiary/aromatic N) is 2. The van der Waals surface area contributed by atoms with Crippen LogP contribution in [-0.4, -0.2) is 26.8 Å². The molecule has 2 heterocycles. The summed E-state index contributed by atoms with van der Waals surface area (Å²) in [7, 11) is 0. The molecule has 1 N–H and O–H groups in total. The molecule has 0 bridgehead atoms. The summed E-state index contributed by atoms with van der Waals surface area (Å²) >= 11 is 3.30. The van der Waals surface area contributed by atoms with Crippen LogP contribution in [0.3, 0.4) is 0 Å². The van der Waals surface area contributed by atoms with E-state index in [1.165, 1.54) is 4.88 Å². The maximum Gasteiger partial charge on any atom is 0.303 e. The van der Waals surface area contributed by atoms with E-state index >= 15 is 0 Å². The van der Waals surface area contributed by atoms with Crippen molar-refractivity contribution in [2.45, 2.75) is 31.2 Å². The Kier molecular flexibility index (Phi) is 4.54. The molecule has 0 aromatic carbocycles. The van der Waals surface area contributed by atoms with Crippen molar-refractivity contribution >= 4 is 39.3 Å². The third kappa shape index (κ3) is 3.20. The van der Waals surface area contributed by atoms with Gasteiger partial charge in [0.25, 0.3) is 0 Å². The molecule has 0 aliphatic heterocycles. The average Bonchev–Trinajstić information content (AvgIpc) is 2.78. The van der Waals surface area contributed by atoms with Gasteiger partial charge in [0.05, 0.1) is 0 Å². The van der Waals surface area contributed by atoms with Gasteiger partial charge in [-0.15, -0.1) is 23.1 Å². The van der Waals surface area contributed by atoms with Crippen molar-refractivity contribution in [3.8, 4) is 0 Å². The molecule has 4 nitrogen and oxygen atoms in total. The van der Waals surface area contributed by atoms with Crippen molar-refractivity contribution in [3.05, 3.63) is 17.3 Å². The minimum absolute atomic E-state index is 0.213. The zero-order valence-corrected chi connectivity index (χ0v) is 11.7. The summed E-state index contributed by atoms with van der Waals surface area (Å²) in [6.45, 7) is 2.12. The van der Waals surface area contributed by atoms with Gasteiger partial charge < -0.3 is 5.11 Å². The first-order valence-electron chi connectivity index (χ1n) is 5.78. The Bertz CT molecular complexity index is 554. The summed E-state index contributed by atoms with van der Waals surface area (Å²) in [5.41, 5.74) is 0. The number of fused-ring (bicyclic) bond motifs is 1. The maximum absolute atomic E-state index is 10.4. The Labute approximate surface area is 113 Å². The molecule has 0 unspecified atom stereocenters. The highest BCUT2D eigenvalue weighted by atomic mass is 32.2. The smallest absolute Gasteiger partial charge is 0.303 e. The van der Waals surface area contributed by atoms with Gasteiger partial charge in [-0.3, -0.25) is 4.79 Å². The van der Waals surface area contributed by atoms with Crippen LogP contribution in [0.2, 0.25) is 0 Å². The lowest BCUT2D eigenvalue weighted by molar-refractivity contribution is -0.137. The largest absolute Gasteiger partial charge is 0.481 e. The van der Waals surface area contributed by atoms with Gasteiger partial charge in [0.15, 0.2) is 0 Å². The molecule has 0 aliphatic rings. The molecular formula is C12H14N2O2S2. The first kappa shape index (κ1) is 13.3. The molecule has 96 valence electrons. The zero-order valence-electron chi connectivity index (χ0n) is 10.0. The predicted octanol–water partition coefficient (Wildman–Crippen LogP) is 3.21. The summed E-state index contributed by atoms with van der Waals surface area (Å²) in [5, 5.41) is 10.6. The summed E-state index contributed by atoms with van der Waals surface area (Å²) in [6.07, 6.45) is 3.46. The van der Waals surface area contributed by atoms with Gasteiger partial charge in [-0.2, -0.15) is 0 Å². The number of aliphatic carboxylic acids is 1. The van der Waals surface area contributed by atoms with E-state index in [-0.39, 0.29) is 6.42 Å². The predicted molar refractivity (Wildman–Crippen MR) is 74.4 cm³/mol. The van der Waals surface area contributed by atoms with Crippen LogP contribution >= 0.6 is 23.1 Å². The van der Waals surface area contributed by atoms with Gasteiger partial charge in [-0.05, 0) is 18.9 Å². The van der Waals surface area contributed by atoms with Crippen LogP contribution in [0.15, 0.2) is 17.4 Å². The van der Waals surface area contributed by atoms with E-state index in [0.717, 1.165) is 27.4 Å². The van der Waals surface area contributed by atoms with E-state index in [0.29, 0.717) is 6.42 Å². The number of thioether (sulfide) groups is 1. The number of rotatable bonds is 6. The van der Waals surface area contributed by atoms with Gasteiger partial charge in [0.2, 0.25) is 0 Å². The molecule has 0 fully saturated rings. The van der Waals surface area contributed by atoms with Crippen LogP contribution in [0.5, 0.6) is 0 Å². The van der Waals surface area contributed by atoms with Crippen LogP contribution in [0, 0.1) is 0 Å². The van der Waals surface area contributed by atoms with Crippen LogP contribution in [-0.2, 0) is 11.2 Å². The van der Waals surface area contributed by atoms with Crippen molar-refractivity contribution < 1.29 is 9.90 Å². The summed E-state index contributed by atoms with van der Waals surface area (Å²) < 4.78 is 0. The standard InChI is InChI=1S/C12H14N2O2S2/c1-2-8-6-9-11(13-7-14-12(9)18-8)17-5-3-4-10(15)16/h6-7H,2-5H2,1H3,(H,15,16). The molecule has 0 saturated carbocycles. The van der Waals surface area contributed by atoms with Gasteiger partial charge >= 0.3 is 5.97 Å². The second kappa shape index (κ2) is 6.15. The Hall–Kier alpha value is -1.14. The number of thiophene rings is 1. The van der Waals surface area contributed by atoms with Crippen molar-refractivity contribution in [1.29, 1.82) is 0 Å². The fourth-order valence-electron chi connectivity index (χ4n) is 1.57. The lowest BCUT2D eigenvalue weighted by Crippen LogP contribution is -1.95. The van der Waals surface area contributed by atoms with Gasteiger partial charge in [0.1, 0.15) is 16.2 Å². The Morgan fingerprint density at radius 1 is 1.50 bits per heavy atom. The highest BCUT2D eigenvalue weighted by molar-refractivity contribution is 7.99. The average molecular weight is 282 g/mol. The second-order valence-corrected chi connectivity index (χ2v) is 6.01. The molecule has 0 amide bonds. The molecule has 0 saturated heterocycles. The molecule has 0 aliphatic carbocycles. The topological polar surface area (TPSA) is 63.1 Å². The molecule has 0 atom stereocenters. The Morgan fingerprint density at radius 2 is 2.33 bits per heavy atom. The number of hydrogen-bond acceptors (Lipinski definition) is 5. The van der Waals surface area contributed by atoms with Gasteiger partial charge in [-0.25, -0.2) is 9.97 Å². The lowest BCUT2D eigenvalue weighted by Gasteiger charge is -2.00. The SMILES string of the molecule is CCc1cc2c(SCCCC(=O)O)ncnc2s1. The summed E-state index contributed by atoms with van der Waals surface area (Å²) in [5.74, 6) is 0.0302. The highest BCUT2D eigenvalue weighted by Gasteiger charge is 2.08. The molecule has 6 heteroatoms. The molecule has 2 aromatic rings. The van der Waals surface area contributed by atoms with Crippen LogP contribution in [0.25, 0.3) is 10.2 Å². The molecule has 0 spiro atoms. The number of aryl methyl sites for hydroxylation is 1. The van der Waals surface area contributed by atoms with Crippen molar-refractivity contribution in [2.75, 3.05) is 5.75 Å². The summed E-state index contributed by atoms with van der Waals surface area (Å²) in [6, 6.07) is 2.14. The van der Waals surface area contributed by atoms with E-state index in [2.05, 4.69) is 23.0 Å². The monoisotopic (exact) mass is 282 g/mol. The van der Waals surface area contributed by atoms with Crippen molar-refractivity contribution in [3.63, 3.8) is 0 Å². The van der Waals surface area contributed by atoms with E-state index in [4.69, 9.17) is 5.11 Å². The van der Waals surface area contributed by atoms with E-state index < -0.39 is 5.97 Å². The Balaban J connectivity index is 2.07. The number of hydrogen-bond donors (Lipinski definition) is 1.